The molecular formula is C13H26BrNO. The molecule has 0 aliphatic carbocycles. The third-order valence-corrected chi connectivity index (χ3v) is 3.19. The Hall–Kier alpha value is -0.0500. The van der Waals surface area contributed by atoms with Crippen molar-refractivity contribution in [1.29, 1.82) is 0 Å². The van der Waals surface area contributed by atoms with Gasteiger partial charge in [0.15, 0.2) is 0 Å². The van der Waals surface area contributed by atoms with Gasteiger partial charge in [0.2, 0.25) is 5.91 Å². The van der Waals surface area contributed by atoms with Gasteiger partial charge in [-0.3, -0.25) is 4.79 Å². The zero-order chi connectivity index (χ0) is 12.2. The van der Waals surface area contributed by atoms with Crippen LogP contribution in [0.25, 0.3) is 0 Å². The fourth-order valence-corrected chi connectivity index (χ4v) is 2.21. The van der Waals surface area contributed by atoms with Gasteiger partial charge in [-0.25, -0.2) is 0 Å². The van der Waals surface area contributed by atoms with Crippen LogP contribution in [0, 0.1) is 0 Å². The Labute approximate surface area is 109 Å². The molecule has 0 rings (SSSR count). The third-order valence-electron chi connectivity index (χ3n) is 2.84. The lowest BCUT2D eigenvalue weighted by Gasteiger charge is -2.15. The molecule has 0 aromatic carbocycles. The molecule has 16 heavy (non-hydrogen) atoms. The van der Waals surface area contributed by atoms with Gasteiger partial charge in [-0.1, -0.05) is 61.4 Å². The lowest BCUT2D eigenvalue weighted by atomic mass is 10.1. The van der Waals surface area contributed by atoms with Gasteiger partial charge >= 0.3 is 0 Å². The van der Waals surface area contributed by atoms with Gasteiger partial charge in [-0.15, -0.1) is 0 Å². The van der Waals surface area contributed by atoms with Crippen molar-refractivity contribution in [3.05, 3.63) is 0 Å². The van der Waals surface area contributed by atoms with E-state index in [4.69, 9.17) is 0 Å². The fourth-order valence-electron chi connectivity index (χ4n) is 1.68. The molecule has 0 aliphatic heterocycles. The standard InChI is InChI=1S/C13H26BrNO/c1-3-4-5-6-7-8-9-10-13(16)15(2)12-11-14/h3-12H2,1-2H3. The minimum absolute atomic E-state index is 0.285. The van der Waals surface area contributed by atoms with E-state index in [0.717, 1.165) is 24.7 Å². The van der Waals surface area contributed by atoms with E-state index in [1.165, 1.54) is 38.5 Å². The number of carbonyl (C=O) groups is 1. The van der Waals surface area contributed by atoms with Gasteiger partial charge in [0.1, 0.15) is 0 Å². The average Bonchev–Trinajstić information content (AvgIpc) is 2.28. The smallest absolute Gasteiger partial charge is 0.222 e. The van der Waals surface area contributed by atoms with Crippen LogP contribution in [-0.4, -0.2) is 29.7 Å². The second kappa shape index (κ2) is 11.4. The van der Waals surface area contributed by atoms with E-state index in [-0.39, 0.29) is 5.91 Å². The van der Waals surface area contributed by atoms with Crippen molar-refractivity contribution in [2.45, 2.75) is 58.3 Å². The van der Waals surface area contributed by atoms with Crippen LogP contribution < -0.4 is 0 Å². The number of rotatable bonds is 10. The summed E-state index contributed by atoms with van der Waals surface area (Å²) in [6, 6.07) is 0. The summed E-state index contributed by atoms with van der Waals surface area (Å²) < 4.78 is 0. The van der Waals surface area contributed by atoms with Gasteiger partial charge in [0, 0.05) is 25.3 Å². The van der Waals surface area contributed by atoms with E-state index >= 15 is 0 Å². The van der Waals surface area contributed by atoms with Crippen LogP contribution in [-0.2, 0) is 4.79 Å². The molecule has 0 aromatic rings. The molecule has 96 valence electrons. The van der Waals surface area contributed by atoms with Crippen molar-refractivity contribution < 1.29 is 4.79 Å². The number of halogens is 1. The Balaban J connectivity index is 3.27. The zero-order valence-corrected chi connectivity index (χ0v) is 12.4. The molecule has 3 heteroatoms. The monoisotopic (exact) mass is 291 g/mol. The number of amides is 1. The topological polar surface area (TPSA) is 20.3 Å². The molecule has 0 fully saturated rings. The van der Waals surface area contributed by atoms with E-state index in [0.29, 0.717) is 0 Å². The third kappa shape index (κ3) is 9.20. The Morgan fingerprint density at radius 3 is 2.19 bits per heavy atom. The summed E-state index contributed by atoms with van der Waals surface area (Å²) in [4.78, 5) is 13.4. The van der Waals surface area contributed by atoms with Crippen LogP contribution in [0.15, 0.2) is 0 Å². The van der Waals surface area contributed by atoms with Crippen LogP contribution in [0.5, 0.6) is 0 Å². The normalized spacial score (nSPS) is 10.4. The Morgan fingerprint density at radius 2 is 1.62 bits per heavy atom. The van der Waals surface area contributed by atoms with Crippen LogP contribution in [0.4, 0.5) is 0 Å². The number of hydrogen-bond acceptors (Lipinski definition) is 1. The lowest BCUT2D eigenvalue weighted by Crippen LogP contribution is -2.28. The number of hydrogen-bond donors (Lipinski definition) is 0. The molecule has 0 radical (unpaired) electrons. The molecule has 0 bridgehead atoms. The summed E-state index contributed by atoms with van der Waals surface area (Å²) >= 11 is 3.34. The maximum Gasteiger partial charge on any atom is 0.222 e. The largest absolute Gasteiger partial charge is 0.345 e. The lowest BCUT2D eigenvalue weighted by molar-refractivity contribution is -0.129. The minimum Gasteiger partial charge on any atom is -0.345 e. The predicted molar refractivity (Wildman–Crippen MR) is 74.0 cm³/mol. The summed E-state index contributed by atoms with van der Waals surface area (Å²) in [5.41, 5.74) is 0. The first-order chi connectivity index (χ1) is 7.72. The molecule has 0 N–H and O–H groups in total. The molecule has 0 atom stereocenters. The van der Waals surface area contributed by atoms with E-state index in [9.17, 15) is 4.79 Å². The Bertz CT molecular complexity index is 173. The quantitative estimate of drug-likeness (QED) is 0.440. The maximum absolute atomic E-state index is 11.6. The van der Waals surface area contributed by atoms with Crippen molar-refractivity contribution in [2.75, 3.05) is 18.9 Å². The maximum atomic E-state index is 11.6. The average molecular weight is 292 g/mol. The molecule has 0 saturated carbocycles. The number of carbonyl (C=O) groups excluding carboxylic acids is 1. The first-order valence-electron chi connectivity index (χ1n) is 6.52. The highest BCUT2D eigenvalue weighted by atomic mass is 79.9. The van der Waals surface area contributed by atoms with Gasteiger partial charge in [0.05, 0.1) is 0 Å². The second-order valence-electron chi connectivity index (χ2n) is 4.38. The molecular weight excluding hydrogens is 266 g/mol. The van der Waals surface area contributed by atoms with Crippen molar-refractivity contribution >= 4 is 21.8 Å². The summed E-state index contributed by atoms with van der Waals surface area (Å²) in [6.45, 7) is 3.05. The molecule has 0 aromatic heterocycles. The summed E-state index contributed by atoms with van der Waals surface area (Å²) in [5.74, 6) is 0.285. The fraction of sp³-hybridized carbons (Fsp3) is 0.923. The van der Waals surface area contributed by atoms with E-state index < -0.39 is 0 Å². The highest BCUT2D eigenvalue weighted by molar-refractivity contribution is 9.09. The number of alkyl halides is 1. The van der Waals surface area contributed by atoms with Crippen LogP contribution in [0.1, 0.15) is 58.3 Å². The molecule has 0 spiro atoms. The Kier molecular flexibility index (Phi) is 11.4. The van der Waals surface area contributed by atoms with Crippen molar-refractivity contribution in [3.8, 4) is 0 Å². The van der Waals surface area contributed by atoms with Crippen LogP contribution >= 0.6 is 15.9 Å². The molecule has 0 heterocycles. The second-order valence-corrected chi connectivity index (χ2v) is 5.17. The molecule has 0 unspecified atom stereocenters. The molecule has 1 amide bonds. The highest BCUT2D eigenvalue weighted by Crippen LogP contribution is 2.09. The van der Waals surface area contributed by atoms with Gasteiger partial charge in [-0.2, -0.15) is 0 Å². The summed E-state index contributed by atoms with van der Waals surface area (Å²) in [7, 11) is 1.88. The number of nitrogens with zero attached hydrogens (tertiary/aromatic N) is 1. The molecule has 2 nitrogen and oxygen atoms in total. The SMILES string of the molecule is CCCCCCCCCC(=O)N(C)CCBr. The molecule has 0 saturated heterocycles. The first-order valence-corrected chi connectivity index (χ1v) is 7.64. The van der Waals surface area contributed by atoms with Crippen molar-refractivity contribution in [3.63, 3.8) is 0 Å². The van der Waals surface area contributed by atoms with Crippen molar-refractivity contribution in [1.82, 2.24) is 4.90 Å². The van der Waals surface area contributed by atoms with Gasteiger partial charge < -0.3 is 4.90 Å². The first kappa shape index (κ1) is 16.0. The minimum atomic E-state index is 0.285. The molecule has 0 aliphatic rings. The van der Waals surface area contributed by atoms with E-state index in [2.05, 4.69) is 22.9 Å². The van der Waals surface area contributed by atoms with E-state index in [1.807, 2.05) is 11.9 Å². The number of unbranched alkanes of at least 4 members (excludes halogenated alkanes) is 6. The van der Waals surface area contributed by atoms with Crippen molar-refractivity contribution in [2.24, 2.45) is 0 Å². The summed E-state index contributed by atoms with van der Waals surface area (Å²) in [6.07, 6.45) is 9.61. The summed E-state index contributed by atoms with van der Waals surface area (Å²) in [5, 5.41) is 0.867. The Morgan fingerprint density at radius 1 is 1.06 bits per heavy atom. The highest BCUT2D eigenvalue weighted by Gasteiger charge is 2.06. The van der Waals surface area contributed by atoms with Gasteiger partial charge in [0.25, 0.3) is 0 Å². The van der Waals surface area contributed by atoms with Crippen LogP contribution in [0.2, 0.25) is 0 Å². The van der Waals surface area contributed by atoms with Crippen LogP contribution in [0.3, 0.4) is 0 Å². The predicted octanol–water partition coefficient (Wildman–Crippen LogP) is 3.98. The zero-order valence-electron chi connectivity index (χ0n) is 10.8. The van der Waals surface area contributed by atoms with Gasteiger partial charge in [-0.05, 0) is 6.42 Å². The van der Waals surface area contributed by atoms with E-state index in [1.54, 1.807) is 0 Å².